The van der Waals surface area contributed by atoms with E-state index in [4.69, 9.17) is 37.7 Å². The van der Waals surface area contributed by atoms with Crippen LogP contribution in [0.1, 0.15) is 63.8 Å². The summed E-state index contributed by atoms with van der Waals surface area (Å²) in [7, 11) is 0. The molecular formula is C40H51Cl4N5O4. The summed E-state index contributed by atoms with van der Waals surface area (Å²) in [5, 5.41) is 1.22. The lowest BCUT2D eigenvalue weighted by molar-refractivity contribution is -0.136. The van der Waals surface area contributed by atoms with Crippen molar-refractivity contribution in [1.82, 2.24) is 19.6 Å². The Balaban J connectivity index is 0.00000314. The van der Waals surface area contributed by atoms with Crippen LogP contribution in [0.5, 0.6) is 5.75 Å². The zero-order valence-corrected chi connectivity index (χ0v) is 34.5. The number of amidine groups is 1. The van der Waals surface area contributed by atoms with Gasteiger partial charge in [0.05, 0.1) is 31.9 Å². The highest BCUT2D eigenvalue weighted by molar-refractivity contribution is 6.30. The molecule has 0 aliphatic carbocycles. The Morgan fingerprint density at radius 3 is 1.92 bits per heavy atom. The number of halogens is 4. The van der Waals surface area contributed by atoms with Crippen LogP contribution in [0.3, 0.4) is 0 Å². The zero-order valence-electron chi connectivity index (χ0n) is 31.4. The first-order valence-electron chi connectivity index (χ1n) is 17.8. The fourth-order valence-electron chi connectivity index (χ4n) is 7.36. The number of carbonyl (C=O) groups is 2. The van der Waals surface area contributed by atoms with Gasteiger partial charge in [-0.15, -0.1) is 24.8 Å². The van der Waals surface area contributed by atoms with Crippen molar-refractivity contribution in [2.45, 2.75) is 58.0 Å². The van der Waals surface area contributed by atoms with Gasteiger partial charge >= 0.3 is 6.03 Å². The quantitative estimate of drug-likeness (QED) is 0.242. The van der Waals surface area contributed by atoms with Crippen LogP contribution in [-0.2, 0) is 26.0 Å². The Morgan fingerprint density at radius 2 is 1.38 bits per heavy atom. The van der Waals surface area contributed by atoms with Crippen molar-refractivity contribution in [2.75, 3.05) is 65.6 Å². The van der Waals surface area contributed by atoms with Crippen molar-refractivity contribution < 1.29 is 19.1 Å². The van der Waals surface area contributed by atoms with Gasteiger partial charge in [0.15, 0.2) is 0 Å². The largest absolute Gasteiger partial charge is 0.493 e. The molecule has 2 fully saturated rings. The molecule has 3 heterocycles. The minimum atomic E-state index is -1.01. The highest BCUT2D eigenvalue weighted by Gasteiger charge is 2.60. The second-order valence-corrected chi connectivity index (χ2v) is 15.7. The van der Waals surface area contributed by atoms with E-state index in [1.807, 2.05) is 76.2 Å². The molecule has 0 saturated carbocycles. The molecule has 13 heteroatoms. The number of morpholine rings is 1. The highest BCUT2D eigenvalue weighted by Crippen LogP contribution is 2.54. The zero-order chi connectivity index (χ0) is 36.6. The molecule has 0 N–H and O–H groups in total. The predicted molar refractivity (Wildman–Crippen MR) is 218 cm³/mol. The van der Waals surface area contributed by atoms with E-state index in [-0.39, 0.29) is 42.2 Å². The number of benzene rings is 3. The van der Waals surface area contributed by atoms with Crippen molar-refractivity contribution in [3.05, 3.63) is 99.0 Å². The monoisotopic (exact) mass is 805 g/mol. The number of hydrogen-bond acceptors (Lipinski definition) is 6. The first-order chi connectivity index (χ1) is 24.3. The lowest BCUT2D eigenvalue weighted by Crippen LogP contribution is -2.61. The van der Waals surface area contributed by atoms with E-state index in [1.54, 1.807) is 0 Å². The fraction of sp³-hybridized carbons (Fsp3) is 0.475. The van der Waals surface area contributed by atoms with E-state index in [0.29, 0.717) is 87.3 Å². The molecule has 3 aromatic rings. The molecule has 3 aliphatic rings. The standard InChI is InChI=1S/C40H49Cl2N5O4.2ClH/c1-7-51-34-26-30(38(2,3)4)12-17-33(34)36-43-39(5,28-8-13-31(41)14-9-28)40(6,29-10-15-32(42)16-11-29)47(36)37(49)46-20-18-44(19-21-46)27-35(48)45-22-24-50-25-23-45;;/h8-17,26H,7,18-25,27H2,1-6H3;2*1H. The van der Waals surface area contributed by atoms with Crippen LogP contribution >= 0.6 is 48.0 Å². The number of carbonyl (C=O) groups excluding carboxylic acids is 2. The molecule has 3 aliphatic heterocycles. The van der Waals surface area contributed by atoms with Gasteiger partial charge in [-0.1, -0.05) is 74.3 Å². The molecule has 0 aromatic heterocycles. The Bertz CT molecular complexity index is 1770. The molecule has 9 nitrogen and oxygen atoms in total. The molecule has 2 atom stereocenters. The van der Waals surface area contributed by atoms with E-state index >= 15 is 4.79 Å². The van der Waals surface area contributed by atoms with Crippen molar-refractivity contribution in [3.8, 4) is 5.75 Å². The molecule has 0 spiro atoms. The third kappa shape index (κ3) is 8.46. The third-order valence-electron chi connectivity index (χ3n) is 10.7. The van der Waals surface area contributed by atoms with Crippen LogP contribution in [0.4, 0.5) is 4.79 Å². The minimum absolute atomic E-state index is 0. The number of amides is 3. The smallest absolute Gasteiger partial charge is 0.326 e. The molecule has 53 heavy (non-hydrogen) atoms. The van der Waals surface area contributed by atoms with Crippen LogP contribution in [0.25, 0.3) is 0 Å². The molecule has 2 unspecified atom stereocenters. The maximum absolute atomic E-state index is 15.3. The first kappa shape index (κ1) is 42.7. The summed E-state index contributed by atoms with van der Waals surface area (Å²) in [6.07, 6.45) is 0. The number of piperazine rings is 1. The van der Waals surface area contributed by atoms with Crippen molar-refractivity contribution in [3.63, 3.8) is 0 Å². The predicted octanol–water partition coefficient (Wildman–Crippen LogP) is 8.02. The Labute approximate surface area is 336 Å². The second-order valence-electron chi connectivity index (χ2n) is 14.9. The van der Waals surface area contributed by atoms with Crippen molar-refractivity contribution >= 4 is 65.8 Å². The minimum Gasteiger partial charge on any atom is -0.493 e. The van der Waals surface area contributed by atoms with Crippen LogP contribution in [0.2, 0.25) is 10.0 Å². The van der Waals surface area contributed by atoms with E-state index in [9.17, 15) is 4.79 Å². The number of rotatable bonds is 7. The highest BCUT2D eigenvalue weighted by atomic mass is 35.5. The lowest BCUT2D eigenvalue weighted by Gasteiger charge is -2.47. The normalized spacial score (nSPS) is 22.1. The number of nitrogens with zero attached hydrogens (tertiary/aromatic N) is 5. The van der Waals surface area contributed by atoms with Crippen LogP contribution in [-0.4, -0.2) is 103 Å². The van der Waals surface area contributed by atoms with Gasteiger partial charge in [-0.05, 0) is 79.3 Å². The SMILES string of the molecule is CCOc1cc(C(C)(C)C)ccc1C1=NC(C)(c2ccc(Cl)cc2)C(C)(c2ccc(Cl)cc2)N1C(=O)N1CCN(CC(=O)N2CCOCC2)CC1.Cl.Cl. The van der Waals surface area contributed by atoms with Crippen LogP contribution in [0.15, 0.2) is 71.7 Å². The Hall–Kier alpha value is -3.05. The van der Waals surface area contributed by atoms with E-state index < -0.39 is 11.1 Å². The summed E-state index contributed by atoms with van der Waals surface area (Å²) >= 11 is 12.8. The molecular weight excluding hydrogens is 756 g/mol. The average Bonchev–Trinajstić information content (AvgIpc) is 3.36. The summed E-state index contributed by atoms with van der Waals surface area (Å²) in [5.74, 6) is 1.30. The molecule has 6 rings (SSSR count). The maximum Gasteiger partial charge on any atom is 0.326 e. The molecule has 288 valence electrons. The summed E-state index contributed by atoms with van der Waals surface area (Å²) in [6.45, 7) is 17.9. The summed E-state index contributed by atoms with van der Waals surface area (Å²) < 4.78 is 11.7. The molecule has 3 amide bonds. The third-order valence-corrected chi connectivity index (χ3v) is 11.2. The van der Waals surface area contributed by atoms with Gasteiger partial charge in [0.25, 0.3) is 0 Å². The average molecular weight is 808 g/mol. The molecule has 3 aromatic carbocycles. The topological polar surface area (TPSA) is 77.9 Å². The molecule has 0 radical (unpaired) electrons. The van der Waals surface area contributed by atoms with Gasteiger partial charge in [-0.25, -0.2) is 4.79 Å². The Kier molecular flexibility index (Phi) is 13.8. The number of hydrogen-bond donors (Lipinski definition) is 0. The summed E-state index contributed by atoms with van der Waals surface area (Å²) in [4.78, 5) is 41.6. The molecule has 2 saturated heterocycles. The van der Waals surface area contributed by atoms with Crippen molar-refractivity contribution in [1.29, 1.82) is 0 Å². The number of ether oxygens (including phenoxy) is 2. The molecule has 0 bridgehead atoms. The summed E-state index contributed by atoms with van der Waals surface area (Å²) in [6, 6.07) is 21.4. The maximum atomic E-state index is 15.3. The van der Waals surface area contributed by atoms with Crippen molar-refractivity contribution in [2.24, 2.45) is 4.99 Å². The second kappa shape index (κ2) is 17.2. The van der Waals surface area contributed by atoms with Gasteiger partial charge in [-0.2, -0.15) is 0 Å². The fourth-order valence-corrected chi connectivity index (χ4v) is 7.61. The number of urea groups is 1. The lowest BCUT2D eigenvalue weighted by atomic mass is 9.71. The van der Waals surface area contributed by atoms with Gasteiger partial charge < -0.3 is 19.3 Å². The van der Waals surface area contributed by atoms with E-state index in [0.717, 1.165) is 22.3 Å². The van der Waals surface area contributed by atoms with Gasteiger partial charge in [0.1, 0.15) is 22.7 Å². The van der Waals surface area contributed by atoms with Gasteiger partial charge in [0, 0.05) is 49.3 Å². The Morgan fingerprint density at radius 1 is 0.811 bits per heavy atom. The first-order valence-corrected chi connectivity index (χ1v) is 18.6. The van der Waals surface area contributed by atoms with E-state index in [2.05, 4.69) is 51.7 Å². The van der Waals surface area contributed by atoms with Gasteiger partial charge in [-0.3, -0.25) is 19.6 Å². The number of aliphatic imine (C=N–C) groups is 1. The summed E-state index contributed by atoms with van der Waals surface area (Å²) in [5.41, 5.74) is 1.59. The van der Waals surface area contributed by atoms with Crippen LogP contribution in [0, 0.1) is 0 Å². The van der Waals surface area contributed by atoms with E-state index in [1.165, 1.54) is 0 Å². The van der Waals surface area contributed by atoms with Gasteiger partial charge in [0.2, 0.25) is 5.91 Å². The van der Waals surface area contributed by atoms with Crippen LogP contribution < -0.4 is 4.74 Å².